The Morgan fingerprint density at radius 1 is 1.12 bits per heavy atom. The van der Waals surface area contributed by atoms with E-state index in [1.807, 2.05) is 6.26 Å². The molecule has 0 aromatic carbocycles. The van der Waals surface area contributed by atoms with E-state index in [-0.39, 0.29) is 19.1 Å². The van der Waals surface area contributed by atoms with Crippen molar-refractivity contribution in [1.82, 2.24) is 0 Å². The minimum Gasteiger partial charge on any atom is -0.348 e. The van der Waals surface area contributed by atoms with E-state index in [4.69, 9.17) is 9.47 Å². The minimum absolute atomic E-state index is 0.273. The van der Waals surface area contributed by atoms with Crippen molar-refractivity contribution in [2.45, 2.75) is 56.2 Å². The topological polar surface area (TPSA) is 18.5 Å². The standard InChI is InChI=1S/C18H25F3O2S/c1-24-16-12-22-17(23-13-16)7-5-3-2-4-6-14-8-10-15(11-9-14)18(19,20)21/h5,7,14-17H,4,6,8-13H2,1H3/b7-5+. The second-order valence-electron chi connectivity index (χ2n) is 6.37. The van der Waals surface area contributed by atoms with Crippen LogP contribution in [0.1, 0.15) is 38.5 Å². The zero-order valence-electron chi connectivity index (χ0n) is 14.0. The first-order valence-corrected chi connectivity index (χ1v) is 9.75. The molecule has 2 aliphatic rings. The normalized spacial score (nSPS) is 31.7. The van der Waals surface area contributed by atoms with E-state index in [2.05, 4.69) is 11.8 Å². The Hall–Kier alpha value is -0.640. The molecule has 1 saturated carbocycles. The van der Waals surface area contributed by atoms with Gasteiger partial charge in [-0.15, -0.1) is 0 Å². The summed E-state index contributed by atoms with van der Waals surface area (Å²) in [5.41, 5.74) is 0. The molecule has 1 aliphatic heterocycles. The average Bonchev–Trinajstić information content (AvgIpc) is 2.58. The lowest BCUT2D eigenvalue weighted by atomic mass is 9.80. The maximum atomic E-state index is 12.6. The quantitative estimate of drug-likeness (QED) is 0.670. The van der Waals surface area contributed by atoms with Crippen LogP contribution in [-0.4, -0.2) is 37.2 Å². The first kappa shape index (κ1) is 19.7. The van der Waals surface area contributed by atoms with Crippen molar-refractivity contribution in [3.8, 4) is 11.8 Å². The number of ether oxygens (including phenoxy) is 2. The smallest absolute Gasteiger partial charge is 0.348 e. The molecule has 1 saturated heterocycles. The fourth-order valence-corrected chi connectivity index (χ4v) is 3.49. The van der Waals surface area contributed by atoms with E-state index in [1.54, 1.807) is 23.9 Å². The molecular formula is C18H25F3O2S. The van der Waals surface area contributed by atoms with Gasteiger partial charge in [-0.3, -0.25) is 0 Å². The minimum atomic E-state index is -4.02. The van der Waals surface area contributed by atoms with Crippen LogP contribution in [0.5, 0.6) is 0 Å². The summed E-state index contributed by atoms with van der Waals surface area (Å²) in [6.45, 7) is 1.37. The Morgan fingerprint density at radius 3 is 2.38 bits per heavy atom. The number of allylic oxidation sites excluding steroid dienone is 1. The summed E-state index contributed by atoms with van der Waals surface area (Å²) < 4.78 is 48.9. The molecule has 0 spiro atoms. The third kappa shape index (κ3) is 6.70. The summed E-state index contributed by atoms with van der Waals surface area (Å²) in [4.78, 5) is 0. The van der Waals surface area contributed by atoms with E-state index in [1.165, 1.54) is 0 Å². The molecule has 2 fully saturated rings. The molecule has 0 unspecified atom stereocenters. The van der Waals surface area contributed by atoms with Crippen molar-refractivity contribution in [3.05, 3.63) is 12.2 Å². The first-order valence-electron chi connectivity index (χ1n) is 8.46. The maximum Gasteiger partial charge on any atom is 0.391 e. The molecule has 0 aromatic rings. The highest BCUT2D eigenvalue weighted by Crippen LogP contribution is 2.40. The number of hydrogen-bond donors (Lipinski definition) is 0. The van der Waals surface area contributed by atoms with Gasteiger partial charge in [0.1, 0.15) is 0 Å². The molecule has 0 atom stereocenters. The summed E-state index contributed by atoms with van der Waals surface area (Å²) in [5, 5.41) is 0.396. The zero-order chi connectivity index (χ0) is 17.4. The lowest BCUT2D eigenvalue weighted by Gasteiger charge is -2.29. The number of thioether (sulfide) groups is 1. The monoisotopic (exact) mass is 362 g/mol. The Labute approximate surface area is 146 Å². The van der Waals surface area contributed by atoms with E-state index in [0.717, 1.165) is 12.8 Å². The average molecular weight is 362 g/mol. The number of rotatable bonds is 4. The van der Waals surface area contributed by atoms with Gasteiger partial charge in [-0.25, -0.2) is 0 Å². The van der Waals surface area contributed by atoms with Crippen LogP contribution in [-0.2, 0) is 9.47 Å². The predicted molar refractivity (Wildman–Crippen MR) is 90.6 cm³/mol. The molecule has 1 heterocycles. The molecule has 6 heteroatoms. The second-order valence-corrected chi connectivity index (χ2v) is 7.51. The van der Waals surface area contributed by atoms with Crippen molar-refractivity contribution in [2.24, 2.45) is 11.8 Å². The summed E-state index contributed by atoms with van der Waals surface area (Å²) in [7, 11) is 0. The second kappa shape index (κ2) is 9.74. The van der Waals surface area contributed by atoms with E-state index >= 15 is 0 Å². The van der Waals surface area contributed by atoms with Crippen LogP contribution in [0.2, 0.25) is 0 Å². The van der Waals surface area contributed by atoms with Crippen molar-refractivity contribution < 1.29 is 22.6 Å². The van der Waals surface area contributed by atoms with Crippen LogP contribution in [0.25, 0.3) is 0 Å². The Balaban J connectivity index is 1.59. The van der Waals surface area contributed by atoms with Gasteiger partial charge in [0.15, 0.2) is 6.29 Å². The van der Waals surface area contributed by atoms with Gasteiger partial charge < -0.3 is 9.47 Å². The SMILES string of the molecule is CSC1COC(/C=C/C#CCCC2CCC(C(F)(F)F)CC2)OC1. The lowest BCUT2D eigenvalue weighted by molar-refractivity contribution is -0.184. The molecule has 2 nitrogen and oxygen atoms in total. The highest BCUT2D eigenvalue weighted by molar-refractivity contribution is 7.99. The van der Waals surface area contributed by atoms with Gasteiger partial charge in [0.2, 0.25) is 0 Å². The van der Waals surface area contributed by atoms with Gasteiger partial charge in [0.25, 0.3) is 0 Å². The Morgan fingerprint density at radius 2 is 1.79 bits per heavy atom. The van der Waals surface area contributed by atoms with Crippen molar-refractivity contribution in [1.29, 1.82) is 0 Å². The van der Waals surface area contributed by atoms with E-state index in [0.29, 0.717) is 37.2 Å². The zero-order valence-corrected chi connectivity index (χ0v) is 14.8. The maximum absolute atomic E-state index is 12.6. The molecule has 136 valence electrons. The van der Waals surface area contributed by atoms with Gasteiger partial charge in [0, 0.05) is 6.42 Å². The fraction of sp³-hybridized carbons (Fsp3) is 0.778. The molecule has 24 heavy (non-hydrogen) atoms. The summed E-state index contributed by atoms with van der Waals surface area (Å²) >= 11 is 1.73. The van der Waals surface area contributed by atoms with Gasteiger partial charge in [-0.2, -0.15) is 24.9 Å². The van der Waals surface area contributed by atoms with Crippen LogP contribution in [0, 0.1) is 23.7 Å². The van der Waals surface area contributed by atoms with Crippen LogP contribution in [0.3, 0.4) is 0 Å². The number of alkyl halides is 3. The number of hydrogen-bond acceptors (Lipinski definition) is 3. The molecule has 0 bridgehead atoms. The van der Waals surface area contributed by atoms with Gasteiger partial charge in [0.05, 0.1) is 24.4 Å². The molecule has 1 aliphatic carbocycles. The van der Waals surface area contributed by atoms with Crippen molar-refractivity contribution >= 4 is 11.8 Å². The first-order chi connectivity index (χ1) is 11.5. The van der Waals surface area contributed by atoms with Gasteiger partial charge in [-0.1, -0.05) is 11.8 Å². The molecule has 0 amide bonds. The lowest BCUT2D eigenvalue weighted by Crippen LogP contribution is -2.32. The molecule has 0 N–H and O–H groups in total. The summed E-state index contributed by atoms with van der Waals surface area (Å²) in [6.07, 6.45) is 4.74. The van der Waals surface area contributed by atoms with E-state index < -0.39 is 12.1 Å². The van der Waals surface area contributed by atoms with Gasteiger partial charge in [-0.05, 0) is 56.4 Å². The highest BCUT2D eigenvalue weighted by atomic mass is 32.2. The van der Waals surface area contributed by atoms with Crippen LogP contribution >= 0.6 is 11.8 Å². The van der Waals surface area contributed by atoms with Gasteiger partial charge >= 0.3 is 6.18 Å². The van der Waals surface area contributed by atoms with Crippen LogP contribution in [0.4, 0.5) is 13.2 Å². The van der Waals surface area contributed by atoms with Crippen molar-refractivity contribution in [2.75, 3.05) is 19.5 Å². The highest BCUT2D eigenvalue weighted by Gasteiger charge is 2.41. The van der Waals surface area contributed by atoms with Crippen LogP contribution in [0.15, 0.2) is 12.2 Å². The summed E-state index contributed by atoms with van der Waals surface area (Å²) in [6, 6.07) is 0. The molecule has 0 radical (unpaired) electrons. The predicted octanol–water partition coefficient (Wildman–Crippen LogP) is 4.80. The fourth-order valence-electron chi connectivity index (χ4n) is 3.06. The summed E-state index contributed by atoms with van der Waals surface area (Å²) in [5.74, 6) is 5.31. The third-order valence-electron chi connectivity index (χ3n) is 4.65. The third-order valence-corrected chi connectivity index (χ3v) is 5.59. The van der Waals surface area contributed by atoms with Crippen molar-refractivity contribution in [3.63, 3.8) is 0 Å². The van der Waals surface area contributed by atoms with E-state index in [9.17, 15) is 13.2 Å². The molecule has 2 rings (SSSR count). The van der Waals surface area contributed by atoms with Crippen LogP contribution < -0.4 is 0 Å². The number of halogens is 3. The Kier molecular flexibility index (Phi) is 7.99. The Bertz CT molecular complexity index is 451. The largest absolute Gasteiger partial charge is 0.391 e. The molecule has 0 aromatic heterocycles. The molecular weight excluding hydrogens is 337 g/mol.